The summed E-state index contributed by atoms with van der Waals surface area (Å²) in [5.74, 6) is -0.0574. The van der Waals surface area contributed by atoms with E-state index in [-0.39, 0.29) is 29.2 Å². The lowest BCUT2D eigenvalue weighted by Crippen LogP contribution is -2.41. The number of carbonyl (C=O) groups is 1. The third-order valence-corrected chi connectivity index (χ3v) is 5.07. The highest BCUT2D eigenvalue weighted by atomic mass is 19.4. The summed E-state index contributed by atoms with van der Waals surface area (Å²) in [5, 5.41) is 13.4. The zero-order valence-electron chi connectivity index (χ0n) is 16.3. The number of nitrogens with two attached hydrogens (primary N) is 1. The highest BCUT2D eigenvalue weighted by molar-refractivity contribution is 6.11. The Morgan fingerprint density at radius 1 is 1.30 bits per heavy atom. The number of halogens is 3. The topological polar surface area (TPSA) is 118 Å². The van der Waals surface area contributed by atoms with E-state index in [2.05, 4.69) is 15.6 Å². The van der Waals surface area contributed by atoms with Crippen molar-refractivity contribution in [2.45, 2.75) is 43.9 Å². The van der Waals surface area contributed by atoms with Crippen LogP contribution in [0.1, 0.15) is 31.4 Å². The van der Waals surface area contributed by atoms with Crippen molar-refractivity contribution in [3.05, 3.63) is 41.5 Å². The van der Waals surface area contributed by atoms with Gasteiger partial charge in [0.15, 0.2) is 11.6 Å². The van der Waals surface area contributed by atoms with Gasteiger partial charge in [0.2, 0.25) is 0 Å². The second-order valence-corrected chi connectivity index (χ2v) is 7.06. The number of pyridine rings is 1. The lowest BCUT2D eigenvalue weighted by Gasteiger charge is -2.30. The number of nitrogens with zero attached hydrogens (tertiary/aromatic N) is 2. The lowest BCUT2D eigenvalue weighted by atomic mass is 9.91. The van der Waals surface area contributed by atoms with Crippen LogP contribution >= 0.6 is 0 Å². The summed E-state index contributed by atoms with van der Waals surface area (Å²) in [4.78, 5) is 15.9. The van der Waals surface area contributed by atoms with E-state index in [1.807, 2.05) is 0 Å². The SMILES string of the molecule is CO/C(N)=C(/C=N)C(=O)NC1CCC(Nc2cccc3nc(C(F)(F)F)cn23)CC1. The molecule has 0 radical (unpaired) electrons. The first kappa shape index (κ1) is 21.5. The van der Waals surface area contributed by atoms with Crippen LogP contribution in [0.5, 0.6) is 0 Å². The molecule has 8 nitrogen and oxygen atoms in total. The molecule has 0 saturated heterocycles. The molecular formula is C19H23F3N6O2. The maximum Gasteiger partial charge on any atom is 0.434 e. The van der Waals surface area contributed by atoms with E-state index >= 15 is 0 Å². The zero-order valence-corrected chi connectivity index (χ0v) is 16.3. The van der Waals surface area contributed by atoms with Crippen LogP contribution in [0.15, 0.2) is 35.9 Å². The molecule has 1 aliphatic rings. The van der Waals surface area contributed by atoms with Gasteiger partial charge < -0.3 is 26.5 Å². The minimum atomic E-state index is -4.50. The van der Waals surface area contributed by atoms with E-state index in [0.717, 1.165) is 12.4 Å². The molecule has 30 heavy (non-hydrogen) atoms. The number of anilines is 1. The van der Waals surface area contributed by atoms with Crippen LogP contribution < -0.4 is 16.4 Å². The summed E-state index contributed by atoms with van der Waals surface area (Å²) >= 11 is 0. The van der Waals surface area contributed by atoms with Crippen molar-refractivity contribution < 1.29 is 22.7 Å². The van der Waals surface area contributed by atoms with Crippen LogP contribution in [-0.2, 0) is 15.7 Å². The normalized spacial score (nSPS) is 20.4. The Morgan fingerprint density at radius 3 is 2.57 bits per heavy atom. The average Bonchev–Trinajstić information content (AvgIpc) is 3.16. The molecule has 0 aliphatic heterocycles. The summed E-state index contributed by atoms with van der Waals surface area (Å²) < 4.78 is 45.1. The van der Waals surface area contributed by atoms with Crippen LogP contribution in [0.4, 0.5) is 19.0 Å². The van der Waals surface area contributed by atoms with Gasteiger partial charge in [-0.15, -0.1) is 0 Å². The number of alkyl halides is 3. The number of ether oxygens (including phenoxy) is 1. The van der Waals surface area contributed by atoms with Crippen LogP contribution in [0.3, 0.4) is 0 Å². The number of carbonyl (C=O) groups excluding carboxylic acids is 1. The highest BCUT2D eigenvalue weighted by Gasteiger charge is 2.34. The average molecular weight is 424 g/mol. The molecule has 2 aromatic rings. The van der Waals surface area contributed by atoms with Gasteiger partial charge in [0.25, 0.3) is 5.91 Å². The van der Waals surface area contributed by atoms with E-state index in [0.29, 0.717) is 31.5 Å². The fraction of sp³-hybridized carbons (Fsp3) is 0.421. The molecule has 2 heterocycles. The van der Waals surface area contributed by atoms with Gasteiger partial charge in [-0.3, -0.25) is 9.20 Å². The summed E-state index contributed by atoms with van der Waals surface area (Å²) in [6.45, 7) is 0. The van der Waals surface area contributed by atoms with E-state index in [4.69, 9.17) is 15.9 Å². The molecule has 11 heteroatoms. The predicted octanol–water partition coefficient (Wildman–Crippen LogP) is 2.66. The number of fused-ring (bicyclic) bond motifs is 1. The van der Waals surface area contributed by atoms with Gasteiger partial charge >= 0.3 is 6.18 Å². The fourth-order valence-electron chi connectivity index (χ4n) is 3.48. The van der Waals surface area contributed by atoms with Crippen LogP contribution in [0, 0.1) is 5.41 Å². The van der Waals surface area contributed by atoms with Crippen molar-refractivity contribution in [2.75, 3.05) is 12.4 Å². The predicted molar refractivity (Wildman–Crippen MR) is 105 cm³/mol. The zero-order chi connectivity index (χ0) is 21.9. The third-order valence-electron chi connectivity index (χ3n) is 5.07. The monoisotopic (exact) mass is 424 g/mol. The van der Waals surface area contributed by atoms with Crippen molar-refractivity contribution in [2.24, 2.45) is 5.73 Å². The van der Waals surface area contributed by atoms with Crippen molar-refractivity contribution >= 4 is 23.6 Å². The van der Waals surface area contributed by atoms with Gasteiger partial charge in [-0.25, -0.2) is 4.98 Å². The molecule has 0 bridgehead atoms. The number of rotatable bonds is 6. The maximum absolute atomic E-state index is 13.0. The number of nitrogens with one attached hydrogen (secondary N) is 3. The Morgan fingerprint density at radius 2 is 1.97 bits per heavy atom. The van der Waals surface area contributed by atoms with Gasteiger partial charge in [-0.2, -0.15) is 13.2 Å². The number of imidazole rings is 1. The minimum Gasteiger partial charge on any atom is -0.482 e. The molecule has 5 N–H and O–H groups in total. The van der Waals surface area contributed by atoms with E-state index in [9.17, 15) is 18.0 Å². The summed E-state index contributed by atoms with van der Waals surface area (Å²) in [5.41, 5.74) is 4.82. The lowest BCUT2D eigenvalue weighted by molar-refractivity contribution is -0.140. The summed E-state index contributed by atoms with van der Waals surface area (Å²) in [6, 6.07) is 4.84. The van der Waals surface area contributed by atoms with E-state index in [1.54, 1.807) is 12.1 Å². The highest BCUT2D eigenvalue weighted by Crippen LogP contribution is 2.30. The molecule has 1 aliphatic carbocycles. The van der Waals surface area contributed by atoms with Crippen molar-refractivity contribution in [1.82, 2.24) is 14.7 Å². The quantitative estimate of drug-likeness (QED) is 0.323. The first-order valence-electron chi connectivity index (χ1n) is 9.40. The van der Waals surface area contributed by atoms with Gasteiger partial charge in [0.1, 0.15) is 17.0 Å². The van der Waals surface area contributed by atoms with Crippen molar-refractivity contribution in [1.29, 1.82) is 5.41 Å². The van der Waals surface area contributed by atoms with Crippen LogP contribution in [0.25, 0.3) is 5.65 Å². The van der Waals surface area contributed by atoms with Gasteiger partial charge in [0, 0.05) is 24.5 Å². The third kappa shape index (κ3) is 4.66. The molecule has 1 saturated carbocycles. The first-order valence-corrected chi connectivity index (χ1v) is 9.40. The Hall–Kier alpha value is -3.24. The molecule has 0 unspecified atom stereocenters. The number of aromatic nitrogens is 2. The molecule has 0 atom stereocenters. The summed E-state index contributed by atoms with van der Waals surface area (Å²) in [7, 11) is 1.32. The Bertz CT molecular complexity index is 961. The molecule has 162 valence electrons. The standard InChI is InChI=1S/C19H23F3N6O2/c1-30-17(24)13(9-23)18(29)26-12-7-5-11(6-8-12)25-15-3-2-4-16-27-14(10-28(15)16)19(20,21)22/h2-4,9-12,23,25H,5-8,24H2,1H3,(H,26,29)/b17-13-,23-9?. The number of amides is 1. The largest absolute Gasteiger partial charge is 0.482 e. The second-order valence-electron chi connectivity index (χ2n) is 7.06. The Balaban J connectivity index is 1.62. The van der Waals surface area contributed by atoms with Crippen LogP contribution in [-0.4, -0.2) is 40.7 Å². The molecule has 0 spiro atoms. The molecule has 1 fully saturated rings. The Labute approximate surface area is 170 Å². The summed E-state index contributed by atoms with van der Waals surface area (Å²) in [6.07, 6.45) is 0.106. The second kappa shape index (κ2) is 8.64. The van der Waals surface area contributed by atoms with Gasteiger partial charge in [-0.05, 0) is 37.8 Å². The van der Waals surface area contributed by atoms with E-state index < -0.39 is 17.8 Å². The molecule has 3 rings (SSSR count). The fourth-order valence-corrected chi connectivity index (χ4v) is 3.48. The van der Waals surface area contributed by atoms with Crippen LogP contribution in [0.2, 0.25) is 0 Å². The molecule has 1 amide bonds. The maximum atomic E-state index is 13.0. The Kier molecular flexibility index (Phi) is 6.18. The number of hydrogen-bond acceptors (Lipinski definition) is 6. The number of methoxy groups -OCH3 is 1. The molecular weight excluding hydrogens is 401 g/mol. The van der Waals surface area contributed by atoms with Crippen molar-refractivity contribution in [3.63, 3.8) is 0 Å². The van der Waals surface area contributed by atoms with Crippen molar-refractivity contribution in [3.8, 4) is 0 Å². The first-order chi connectivity index (χ1) is 14.2. The number of hydrogen-bond donors (Lipinski definition) is 4. The van der Waals surface area contributed by atoms with Gasteiger partial charge in [0.05, 0.1) is 7.11 Å². The van der Waals surface area contributed by atoms with E-state index in [1.165, 1.54) is 17.6 Å². The van der Waals surface area contributed by atoms with Gasteiger partial charge in [-0.1, -0.05) is 6.07 Å². The smallest absolute Gasteiger partial charge is 0.434 e. The minimum absolute atomic E-state index is 0.0370. The molecule has 0 aromatic carbocycles. The molecule has 2 aromatic heterocycles.